The normalized spacial score (nSPS) is 24.7. The summed E-state index contributed by atoms with van der Waals surface area (Å²) in [5.74, 6) is 0.567. The molecule has 4 nitrogen and oxygen atoms in total. The van der Waals surface area contributed by atoms with Gasteiger partial charge in [-0.3, -0.25) is 9.48 Å². The molecule has 35 heavy (non-hydrogen) atoms. The number of amides is 1. The van der Waals surface area contributed by atoms with E-state index in [0.717, 1.165) is 33.0 Å². The zero-order chi connectivity index (χ0) is 25.1. The summed E-state index contributed by atoms with van der Waals surface area (Å²) in [6.45, 7) is 11.4. The van der Waals surface area contributed by atoms with E-state index in [0.29, 0.717) is 23.2 Å². The fourth-order valence-electron chi connectivity index (χ4n) is 6.62. The zero-order valence-corrected chi connectivity index (χ0v) is 22.6. The van der Waals surface area contributed by atoms with Crippen LogP contribution in [-0.2, 0) is 6.54 Å². The van der Waals surface area contributed by atoms with Crippen LogP contribution in [-0.4, -0.2) is 21.7 Å². The van der Waals surface area contributed by atoms with Gasteiger partial charge in [0.05, 0.1) is 12.2 Å². The van der Waals surface area contributed by atoms with Crippen molar-refractivity contribution in [3.8, 4) is 11.3 Å². The van der Waals surface area contributed by atoms with Gasteiger partial charge in [0.25, 0.3) is 5.91 Å². The van der Waals surface area contributed by atoms with Gasteiger partial charge in [-0.15, -0.1) is 0 Å². The number of carbonyl (C=O) groups excluding carboxylic acids is 1. The van der Waals surface area contributed by atoms with Crippen LogP contribution in [0.25, 0.3) is 11.3 Å². The third kappa shape index (κ3) is 4.19. The molecule has 5 rings (SSSR count). The Labute approximate surface area is 218 Å². The Kier molecular flexibility index (Phi) is 6.04. The van der Waals surface area contributed by atoms with Crippen molar-refractivity contribution in [2.75, 3.05) is 0 Å². The third-order valence-corrected chi connectivity index (χ3v) is 9.29. The van der Waals surface area contributed by atoms with Gasteiger partial charge in [0.2, 0.25) is 0 Å². The molecule has 2 unspecified atom stereocenters. The molecule has 2 aliphatic rings. The molecule has 0 spiro atoms. The summed E-state index contributed by atoms with van der Waals surface area (Å²) >= 11 is 12.6. The van der Waals surface area contributed by atoms with E-state index in [1.54, 1.807) is 0 Å². The molecule has 2 bridgehead atoms. The van der Waals surface area contributed by atoms with Crippen molar-refractivity contribution in [2.45, 2.75) is 66.5 Å². The maximum Gasteiger partial charge on any atom is 0.272 e. The highest BCUT2D eigenvalue weighted by Crippen LogP contribution is 2.62. The monoisotopic (exact) mass is 509 g/mol. The topological polar surface area (TPSA) is 46.9 Å². The number of rotatable bonds is 5. The molecule has 1 aromatic heterocycles. The fraction of sp³-hybridized carbons (Fsp3) is 0.448. The summed E-state index contributed by atoms with van der Waals surface area (Å²) < 4.78 is 1.92. The van der Waals surface area contributed by atoms with Crippen molar-refractivity contribution in [1.82, 2.24) is 15.1 Å². The molecule has 1 heterocycles. The summed E-state index contributed by atoms with van der Waals surface area (Å²) in [5, 5.41) is 9.68. The molecule has 1 amide bonds. The molecule has 2 fully saturated rings. The summed E-state index contributed by atoms with van der Waals surface area (Å²) in [7, 11) is 0. The highest BCUT2D eigenvalue weighted by atomic mass is 35.5. The molecular weight excluding hydrogens is 477 g/mol. The molecule has 6 heteroatoms. The number of hydrogen-bond acceptors (Lipinski definition) is 2. The van der Waals surface area contributed by atoms with Gasteiger partial charge < -0.3 is 5.32 Å². The number of carbonyl (C=O) groups is 1. The van der Waals surface area contributed by atoms with Crippen molar-refractivity contribution in [3.63, 3.8) is 0 Å². The molecule has 3 aromatic rings. The van der Waals surface area contributed by atoms with E-state index in [4.69, 9.17) is 28.3 Å². The first-order chi connectivity index (χ1) is 16.5. The minimum atomic E-state index is -0.0924. The minimum absolute atomic E-state index is 0.0801. The van der Waals surface area contributed by atoms with Crippen LogP contribution in [0.3, 0.4) is 0 Å². The van der Waals surface area contributed by atoms with Crippen molar-refractivity contribution in [2.24, 2.45) is 16.7 Å². The van der Waals surface area contributed by atoms with E-state index in [2.05, 4.69) is 32.2 Å². The maximum absolute atomic E-state index is 13.7. The average molecular weight is 511 g/mol. The van der Waals surface area contributed by atoms with E-state index >= 15 is 0 Å². The number of aryl methyl sites for hydroxylation is 1. The predicted molar refractivity (Wildman–Crippen MR) is 143 cm³/mol. The van der Waals surface area contributed by atoms with Crippen LogP contribution in [0, 0.1) is 30.6 Å². The molecular formula is C29H33Cl2N3O. The number of benzene rings is 2. The van der Waals surface area contributed by atoms with Gasteiger partial charge in [0.15, 0.2) is 5.69 Å². The predicted octanol–water partition coefficient (Wildman–Crippen LogP) is 7.47. The SMILES string of the molecule is Cc1ccc(Cn2nc(C(=O)NC3C(C)(C)C4CC[C@@]3(C)C4)c(C)c2-c2ccc(Cl)cc2)cc1Cl. The Morgan fingerprint density at radius 3 is 2.46 bits per heavy atom. The van der Waals surface area contributed by atoms with E-state index in [1.165, 1.54) is 19.3 Å². The van der Waals surface area contributed by atoms with Gasteiger partial charge in [-0.05, 0) is 79.2 Å². The molecule has 184 valence electrons. The van der Waals surface area contributed by atoms with Crippen molar-refractivity contribution >= 4 is 29.1 Å². The first kappa shape index (κ1) is 24.4. The van der Waals surface area contributed by atoms with Crippen molar-refractivity contribution in [3.05, 3.63) is 74.9 Å². The first-order valence-electron chi connectivity index (χ1n) is 12.4. The largest absolute Gasteiger partial charge is 0.347 e. The van der Waals surface area contributed by atoms with E-state index in [1.807, 2.05) is 54.9 Å². The van der Waals surface area contributed by atoms with Crippen LogP contribution in [0.5, 0.6) is 0 Å². The summed E-state index contributed by atoms with van der Waals surface area (Å²) in [5.41, 5.74) is 5.55. The second-order valence-electron chi connectivity index (χ2n) is 11.4. The molecule has 2 aliphatic carbocycles. The second-order valence-corrected chi connectivity index (χ2v) is 12.2. The van der Waals surface area contributed by atoms with E-state index in [9.17, 15) is 4.79 Å². The lowest BCUT2D eigenvalue weighted by molar-refractivity contribution is 0.0732. The van der Waals surface area contributed by atoms with Gasteiger partial charge in [0, 0.05) is 27.2 Å². The van der Waals surface area contributed by atoms with Crippen molar-refractivity contribution in [1.29, 1.82) is 0 Å². The van der Waals surface area contributed by atoms with Crippen LogP contribution in [0.15, 0.2) is 42.5 Å². The van der Waals surface area contributed by atoms with Crippen LogP contribution in [0.2, 0.25) is 10.0 Å². The van der Waals surface area contributed by atoms with Gasteiger partial charge in [-0.1, -0.05) is 68.2 Å². The Morgan fingerprint density at radius 1 is 1.11 bits per heavy atom. The van der Waals surface area contributed by atoms with Gasteiger partial charge in [-0.25, -0.2) is 0 Å². The lowest BCUT2D eigenvalue weighted by atomic mass is 9.68. The second kappa shape index (κ2) is 8.67. The van der Waals surface area contributed by atoms with Crippen LogP contribution in [0.4, 0.5) is 0 Å². The third-order valence-electron chi connectivity index (χ3n) is 8.64. The van der Waals surface area contributed by atoms with Crippen LogP contribution in [0.1, 0.15) is 67.2 Å². The Balaban J connectivity index is 1.52. The van der Waals surface area contributed by atoms with Crippen LogP contribution >= 0.6 is 23.2 Å². The fourth-order valence-corrected chi connectivity index (χ4v) is 6.95. The number of hydrogen-bond donors (Lipinski definition) is 1. The smallest absolute Gasteiger partial charge is 0.272 e. The number of nitrogens with zero attached hydrogens (tertiary/aromatic N) is 2. The molecule has 2 aromatic carbocycles. The lowest BCUT2D eigenvalue weighted by Gasteiger charge is -2.43. The first-order valence-corrected chi connectivity index (χ1v) is 13.1. The van der Waals surface area contributed by atoms with Gasteiger partial charge in [-0.2, -0.15) is 5.10 Å². The summed E-state index contributed by atoms with van der Waals surface area (Å²) in [4.78, 5) is 13.7. The maximum atomic E-state index is 13.7. The summed E-state index contributed by atoms with van der Waals surface area (Å²) in [6, 6.07) is 13.9. The highest BCUT2D eigenvalue weighted by Gasteiger charge is 2.59. The number of halogens is 2. The molecule has 0 aliphatic heterocycles. The highest BCUT2D eigenvalue weighted by molar-refractivity contribution is 6.31. The molecule has 3 atom stereocenters. The molecule has 0 radical (unpaired) electrons. The number of fused-ring (bicyclic) bond motifs is 2. The molecule has 0 saturated heterocycles. The Morgan fingerprint density at radius 2 is 1.83 bits per heavy atom. The van der Waals surface area contributed by atoms with E-state index < -0.39 is 0 Å². The van der Waals surface area contributed by atoms with Gasteiger partial charge >= 0.3 is 0 Å². The van der Waals surface area contributed by atoms with Gasteiger partial charge in [0.1, 0.15) is 0 Å². The molecule has 1 N–H and O–H groups in total. The van der Waals surface area contributed by atoms with Crippen molar-refractivity contribution < 1.29 is 4.79 Å². The standard InChI is InChI=1S/C29H33Cl2N3O/c1-17-6-7-19(14-23(17)31)16-34-25(20-8-10-22(30)11-9-20)18(2)24(33-34)26(35)32-27-28(3,4)21-12-13-29(27,5)15-21/h6-11,14,21,27H,12-13,15-16H2,1-5H3,(H,32,35)/t21?,27?,29-/m0/s1. The number of nitrogens with one attached hydrogen (secondary N) is 1. The Bertz CT molecular complexity index is 1290. The van der Waals surface area contributed by atoms with Crippen LogP contribution < -0.4 is 5.32 Å². The number of aromatic nitrogens is 2. The molecule has 2 saturated carbocycles. The Hall–Kier alpha value is -2.30. The lowest BCUT2D eigenvalue weighted by Crippen LogP contribution is -2.52. The zero-order valence-electron chi connectivity index (χ0n) is 21.1. The van der Waals surface area contributed by atoms with E-state index in [-0.39, 0.29) is 22.8 Å². The minimum Gasteiger partial charge on any atom is -0.347 e. The average Bonchev–Trinajstić information content (AvgIpc) is 3.41. The summed E-state index contributed by atoms with van der Waals surface area (Å²) in [6.07, 6.45) is 3.61. The quantitative estimate of drug-likeness (QED) is 0.387.